The van der Waals surface area contributed by atoms with E-state index in [-0.39, 0.29) is 5.91 Å². The molecule has 2 heterocycles. The van der Waals surface area contributed by atoms with Crippen molar-refractivity contribution in [1.82, 2.24) is 20.1 Å². The maximum Gasteiger partial charge on any atom is 0.254 e. The highest BCUT2D eigenvalue weighted by Crippen LogP contribution is 2.17. The van der Waals surface area contributed by atoms with Gasteiger partial charge in [0.1, 0.15) is 5.01 Å². The Balaban J connectivity index is 1.93. The molecule has 0 saturated carbocycles. The van der Waals surface area contributed by atoms with E-state index in [0.29, 0.717) is 18.0 Å². The summed E-state index contributed by atoms with van der Waals surface area (Å²) in [5.41, 5.74) is 1.64. The summed E-state index contributed by atoms with van der Waals surface area (Å²) in [5.74, 6) is 0.299. The van der Waals surface area contributed by atoms with Crippen molar-refractivity contribution in [1.29, 1.82) is 0 Å². The highest BCUT2D eigenvalue weighted by atomic mass is 32.1. The van der Waals surface area contributed by atoms with Gasteiger partial charge in [-0.1, -0.05) is 13.8 Å². The molecule has 2 aromatic heterocycles. The van der Waals surface area contributed by atoms with Crippen LogP contribution in [-0.4, -0.2) is 20.7 Å². The Morgan fingerprint density at radius 1 is 1.56 bits per heavy atom. The molecule has 1 amide bonds. The predicted molar refractivity (Wildman–Crippen MR) is 70.6 cm³/mol. The molecule has 0 spiro atoms. The third kappa shape index (κ3) is 2.95. The normalized spacial score (nSPS) is 10.9. The van der Waals surface area contributed by atoms with Crippen LogP contribution in [-0.2, 0) is 13.6 Å². The first-order valence-electron chi connectivity index (χ1n) is 5.77. The number of aromatic nitrogens is 3. The smallest absolute Gasteiger partial charge is 0.254 e. The van der Waals surface area contributed by atoms with Gasteiger partial charge in [0.25, 0.3) is 5.91 Å². The molecule has 0 atom stereocenters. The molecule has 18 heavy (non-hydrogen) atoms. The third-order valence-electron chi connectivity index (χ3n) is 2.53. The van der Waals surface area contributed by atoms with Gasteiger partial charge in [0.15, 0.2) is 0 Å². The van der Waals surface area contributed by atoms with Crippen LogP contribution in [0.1, 0.15) is 40.8 Å². The van der Waals surface area contributed by atoms with Gasteiger partial charge in [-0.3, -0.25) is 9.48 Å². The van der Waals surface area contributed by atoms with E-state index < -0.39 is 0 Å². The summed E-state index contributed by atoms with van der Waals surface area (Å²) >= 11 is 1.57. The Morgan fingerprint density at radius 3 is 2.89 bits per heavy atom. The number of carbonyl (C=O) groups excluding carboxylic acids is 1. The second-order valence-electron chi connectivity index (χ2n) is 4.41. The molecular weight excluding hydrogens is 248 g/mol. The Bertz CT molecular complexity index is 544. The van der Waals surface area contributed by atoms with Crippen LogP contribution in [0.2, 0.25) is 0 Å². The molecule has 2 aromatic rings. The number of nitrogens with zero attached hydrogens (tertiary/aromatic N) is 3. The minimum absolute atomic E-state index is 0.121. The quantitative estimate of drug-likeness (QED) is 0.918. The molecule has 0 radical (unpaired) electrons. The number of hydrogen-bond acceptors (Lipinski definition) is 4. The summed E-state index contributed by atoms with van der Waals surface area (Å²) in [4.78, 5) is 16.2. The second kappa shape index (κ2) is 5.30. The van der Waals surface area contributed by atoms with Crippen LogP contribution in [0.15, 0.2) is 17.8 Å². The van der Waals surface area contributed by atoms with E-state index >= 15 is 0 Å². The molecular formula is C12H16N4OS. The van der Waals surface area contributed by atoms with E-state index in [1.165, 1.54) is 0 Å². The molecule has 0 aliphatic carbocycles. The average Bonchev–Trinajstić information content (AvgIpc) is 2.94. The molecule has 0 aliphatic rings. The van der Waals surface area contributed by atoms with Crippen LogP contribution < -0.4 is 5.32 Å². The van der Waals surface area contributed by atoms with E-state index in [2.05, 4.69) is 29.2 Å². The molecule has 0 fully saturated rings. The zero-order valence-corrected chi connectivity index (χ0v) is 11.5. The number of thiazole rings is 1. The first-order valence-corrected chi connectivity index (χ1v) is 6.65. The van der Waals surface area contributed by atoms with Crippen molar-refractivity contribution in [2.24, 2.45) is 7.05 Å². The topological polar surface area (TPSA) is 59.8 Å². The molecule has 5 nitrogen and oxygen atoms in total. The first kappa shape index (κ1) is 12.8. The van der Waals surface area contributed by atoms with Gasteiger partial charge >= 0.3 is 0 Å². The molecule has 96 valence electrons. The Morgan fingerprint density at radius 2 is 2.33 bits per heavy atom. The van der Waals surface area contributed by atoms with Gasteiger partial charge in [-0.15, -0.1) is 11.3 Å². The van der Waals surface area contributed by atoms with E-state index in [1.807, 2.05) is 5.38 Å². The standard InChI is InChI=1S/C12H16N4OS/c1-8(2)10-7-18-11(15-10)5-13-12(17)9-4-14-16(3)6-9/h4,6-8H,5H2,1-3H3,(H,13,17). The van der Waals surface area contributed by atoms with Gasteiger partial charge in [-0.25, -0.2) is 4.98 Å². The Hall–Kier alpha value is -1.69. The summed E-state index contributed by atoms with van der Waals surface area (Å²) in [6.45, 7) is 4.67. The van der Waals surface area contributed by atoms with Crippen molar-refractivity contribution in [3.8, 4) is 0 Å². The van der Waals surface area contributed by atoms with Crippen LogP contribution in [0.3, 0.4) is 0 Å². The lowest BCUT2D eigenvalue weighted by atomic mass is 10.2. The van der Waals surface area contributed by atoms with Crippen LogP contribution >= 0.6 is 11.3 Å². The lowest BCUT2D eigenvalue weighted by Crippen LogP contribution is -2.22. The highest BCUT2D eigenvalue weighted by Gasteiger charge is 2.09. The molecule has 2 rings (SSSR count). The summed E-state index contributed by atoms with van der Waals surface area (Å²) in [6.07, 6.45) is 3.24. The molecule has 0 saturated heterocycles. The van der Waals surface area contributed by atoms with Crippen molar-refractivity contribution >= 4 is 17.2 Å². The van der Waals surface area contributed by atoms with Crippen LogP contribution in [0.5, 0.6) is 0 Å². The van der Waals surface area contributed by atoms with Gasteiger partial charge in [0.2, 0.25) is 0 Å². The fourth-order valence-corrected chi connectivity index (χ4v) is 2.36. The fourth-order valence-electron chi connectivity index (χ4n) is 1.47. The fraction of sp³-hybridized carbons (Fsp3) is 0.417. The predicted octanol–water partition coefficient (Wildman–Crippen LogP) is 1.93. The zero-order chi connectivity index (χ0) is 13.1. The number of aryl methyl sites for hydroxylation is 1. The lowest BCUT2D eigenvalue weighted by molar-refractivity contribution is 0.0951. The largest absolute Gasteiger partial charge is 0.345 e. The van der Waals surface area contributed by atoms with Crippen molar-refractivity contribution in [3.63, 3.8) is 0 Å². The molecule has 0 unspecified atom stereocenters. The lowest BCUT2D eigenvalue weighted by Gasteiger charge is -2.00. The second-order valence-corrected chi connectivity index (χ2v) is 5.35. The summed E-state index contributed by atoms with van der Waals surface area (Å²) in [7, 11) is 1.78. The van der Waals surface area contributed by atoms with Gasteiger partial charge in [0, 0.05) is 18.6 Å². The van der Waals surface area contributed by atoms with E-state index in [1.54, 1.807) is 35.5 Å². The van der Waals surface area contributed by atoms with Gasteiger partial charge < -0.3 is 5.32 Å². The minimum Gasteiger partial charge on any atom is -0.345 e. The SMILES string of the molecule is CC(C)c1csc(CNC(=O)c2cnn(C)c2)n1. The van der Waals surface area contributed by atoms with Crippen molar-refractivity contribution in [2.75, 3.05) is 0 Å². The maximum atomic E-state index is 11.8. The van der Waals surface area contributed by atoms with Gasteiger partial charge in [0.05, 0.1) is 24.0 Å². The van der Waals surface area contributed by atoms with Crippen LogP contribution in [0, 0.1) is 0 Å². The van der Waals surface area contributed by atoms with E-state index in [4.69, 9.17) is 0 Å². The van der Waals surface area contributed by atoms with Crippen molar-refractivity contribution in [3.05, 3.63) is 34.0 Å². The number of carbonyl (C=O) groups is 1. The van der Waals surface area contributed by atoms with Crippen LogP contribution in [0.25, 0.3) is 0 Å². The zero-order valence-electron chi connectivity index (χ0n) is 10.7. The summed E-state index contributed by atoms with van der Waals surface area (Å²) in [5, 5.41) is 9.76. The first-order chi connectivity index (χ1) is 8.56. The monoisotopic (exact) mass is 264 g/mol. The number of rotatable bonds is 4. The van der Waals surface area contributed by atoms with E-state index in [9.17, 15) is 4.79 Å². The van der Waals surface area contributed by atoms with Crippen molar-refractivity contribution in [2.45, 2.75) is 26.3 Å². The maximum absolute atomic E-state index is 11.8. The van der Waals surface area contributed by atoms with Gasteiger partial charge in [-0.05, 0) is 5.92 Å². The molecule has 0 aliphatic heterocycles. The summed E-state index contributed by atoms with van der Waals surface area (Å²) < 4.78 is 1.61. The average molecular weight is 264 g/mol. The molecule has 6 heteroatoms. The minimum atomic E-state index is -0.121. The third-order valence-corrected chi connectivity index (χ3v) is 3.40. The number of nitrogens with one attached hydrogen (secondary N) is 1. The number of hydrogen-bond donors (Lipinski definition) is 1. The Kier molecular flexibility index (Phi) is 3.76. The molecule has 0 bridgehead atoms. The molecule has 1 N–H and O–H groups in total. The van der Waals surface area contributed by atoms with Crippen LogP contribution in [0.4, 0.5) is 0 Å². The van der Waals surface area contributed by atoms with Gasteiger partial charge in [-0.2, -0.15) is 5.10 Å². The van der Waals surface area contributed by atoms with E-state index in [0.717, 1.165) is 10.7 Å². The van der Waals surface area contributed by atoms with Crippen molar-refractivity contribution < 1.29 is 4.79 Å². The summed E-state index contributed by atoms with van der Waals surface area (Å²) in [6, 6.07) is 0. The highest BCUT2D eigenvalue weighted by molar-refractivity contribution is 7.09. The number of amides is 1. The molecule has 0 aromatic carbocycles. The Labute approximate surface area is 110 Å².